The van der Waals surface area contributed by atoms with Crippen molar-refractivity contribution in [3.05, 3.63) is 0 Å². The predicted octanol–water partition coefficient (Wildman–Crippen LogP) is 0.410. The van der Waals surface area contributed by atoms with Crippen LogP contribution in [0.3, 0.4) is 0 Å². The fourth-order valence-corrected chi connectivity index (χ4v) is 2.07. The molecule has 0 bridgehead atoms. The first kappa shape index (κ1) is 14.4. The summed E-state index contributed by atoms with van der Waals surface area (Å²) in [6.07, 6.45) is 1.34. The molecule has 0 aromatic heterocycles. The van der Waals surface area contributed by atoms with Crippen LogP contribution in [0.2, 0.25) is 0 Å². The van der Waals surface area contributed by atoms with Crippen LogP contribution < -0.4 is 0 Å². The summed E-state index contributed by atoms with van der Waals surface area (Å²) in [4.78, 5) is 13.5. The van der Waals surface area contributed by atoms with E-state index >= 15 is 0 Å². The van der Waals surface area contributed by atoms with Gasteiger partial charge in [0.1, 0.15) is 6.04 Å². The topological polar surface area (TPSA) is 59.0 Å². The Balaban J connectivity index is 2.36. The van der Waals surface area contributed by atoms with Crippen LogP contribution in [0.4, 0.5) is 0 Å². The van der Waals surface area contributed by atoms with E-state index in [0.29, 0.717) is 13.2 Å². The first-order chi connectivity index (χ1) is 8.04. The quantitative estimate of drug-likeness (QED) is 0.687. The number of aliphatic hydroxyl groups excluding tert-OH is 1. The third kappa shape index (κ3) is 4.61. The van der Waals surface area contributed by atoms with Gasteiger partial charge in [-0.25, -0.2) is 0 Å². The minimum atomic E-state index is -0.553. The second kappa shape index (κ2) is 6.93. The number of aliphatic hydroxyl groups is 1. The zero-order valence-corrected chi connectivity index (χ0v) is 10.9. The maximum Gasteiger partial charge on any atom is 0.323 e. The van der Waals surface area contributed by atoms with Crippen molar-refractivity contribution >= 4 is 5.97 Å². The van der Waals surface area contributed by atoms with E-state index in [-0.39, 0.29) is 18.1 Å². The number of hydrogen-bond donors (Lipinski definition) is 1. The highest BCUT2D eigenvalue weighted by Crippen LogP contribution is 2.18. The Morgan fingerprint density at radius 3 is 2.82 bits per heavy atom. The summed E-state index contributed by atoms with van der Waals surface area (Å²) in [5.41, 5.74) is 0. The van der Waals surface area contributed by atoms with Crippen molar-refractivity contribution in [1.82, 2.24) is 4.90 Å². The van der Waals surface area contributed by atoms with Gasteiger partial charge in [-0.05, 0) is 33.2 Å². The summed E-state index contributed by atoms with van der Waals surface area (Å²) in [7, 11) is 1.40. The summed E-state index contributed by atoms with van der Waals surface area (Å²) in [6, 6.07) is -0.200. The van der Waals surface area contributed by atoms with Crippen molar-refractivity contribution < 1.29 is 19.4 Å². The van der Waals surface area contributed by atoms with Gasteiger partial charge in [-0.3, -0.25) is 9.69 Å². The standard InChI is InChI=1S/C12H23NO4/c1-9(2)17-8-10(14)7-13-6-4-5-11(13)12(15)16-3/h9-11,14H,4-8H2,1-3H3. The van der Waals surface area contributed by atoms with E-state index in [9.17, 15) is 9.90 Å². The van der Waals surface area contributed by atoms with Gasteiger partial charge >= 0.3 is 5.97 Å². The number of ether oxygens (including phenoxy) is 2. The number of carbonyl (C=O) groups is 1. The molecule has 0 aromatic rings. The fraction of sp³-hybridized carbons (Fsp3) is 0.917. The van der Waals surface area contributed by atoms with Crippen LogP contribution in [-0.2, 0) is 14.3 Å². The molecule has 0 amide bonds. The van der Waals surface area contributed by atoms with E-state index in [1.165, 1.54) is 7.11 Å². The molecule has 1 aliphatic rings. The lowest BCUT2D eigenvalue weighted by atomic mass is 10.2. The molecule has 1 N–H and O–H groups in total. The summed E-state index contributed by atoms with van der Waals surface area (Å²) in [5.74, 6) is -0.209. The molecule has 1 aliphatic heterocycles. The maximum atomic E-state index is 11.5. The zero-order chi connectivity index (χ0) is 12.8. The largest absolute Gasteiger partial charge is 0.468 e. The minimum absolute atomic E-state index is 0.111. The lowest BCUT2D eigenvalue weighted by Crippen LogP contribution is -2.42. The maximum absolute atomic E-state index is 11.5. The molecule has 17 heavy (non-hydrogen) atoms. The van der Waals surface area contributed by atoms with Gasteiger partial charge in [-0.15, -0.1) is 0 Å². The predicted molar refractivity (Wildman–Crippen MR) is 63.7 cm³/mol. The molecule has 1 rings (SSSR count). The molecule has 1 saturated heterocycles. The van der Waals surface area contributed by atoms with Gasteiger partial charge in [-0.2, -0.15) is 0 Å². The smallest absolute Gasteiger partial charge is 0.323 e. The average molecular weight is 245 g/mol. The van der Waals surface area contributed by atoms with E-state index in [1.807, 2.05) is 18.7 Å². The Bertz CT molecular complexity index is 245. The van der Waals surface area contributed by atoms with Crippen molar-refractivity contribution in [1.29, 1.82) is 0 Å². The Morgan fingerprint density at radius 1 is 1.53 bits per heavy atom. The van der Waals surface area contributed by atoms with E-state index < -0.39 is 6.10 Å². The molecule has 0 saturated carbocycles. The fourth-order valence-electron chi connectivity index (χ4n) is 2.07. The monoisotopic (exact) mass is 245 g/mol. The summed E-state index contributed by atoms with van der Waals surface area (Å²) in [5, 5.41) is 9.81. The number of esters is 1. The zero-order valence-electron chi connectivity index (χ0n) is 10.9. The van der Waals surface area contributed by atoms with Gasteiger partial charge in [0.15, 0.2) is 0 Å². The molecular weight excluding hydrogens is 222 g/mol. The molecule has 0 spiro atoms. The molecule has 0 radical (unpaired) electrons. The SMILES string of the molecule is COC(=O)C1CCCN1CC(O)COC(C)C. The van der Waals surface area contributed by atoms with E-state index in [1.54, 1.807) is 0 Å². The molecule has 2 unspecified atom stereocenters. The number of rotatable bonds is 6. The van der Waals surface area contributed by atoms with Gasteiger partial charge in [0, 0.05) is 6.54 Å². The molecule has 2 atom stereocenters. The molecular formula is C12H23NO4. The van der Waals surface area contributed by atoms with Crippen LogP contribution in [0, 0.1) is 0 Å². The first-order valence-corrected chi connectivity index (χ1v) is 6.16. The average Bonchev–Trinajstić information content (AvgIpc) is 2.73. The second-order valence-corrected chi connectivity index (χ2v) is 4.71. The number of carbonyl (C=O) groups excluding carboxylic acids is 1. The lowest BCUT2D eigenvalue weighted by Gasteiger charge is -2.25. The van der Waals surface area contributed by atoms with Gasteiger partial charge in [0.25, 0.3) is 0 Å². The number of hydrogen-bond acceptors (Lipinski definition) is 5. The summed E-state index contributed by atoms with van der Waals surface area (Å²) < 4.78 is 10.1. The highest BCUT2D eigenvalue weighted by Gasteiger charge is 2.32. The number of β-amino-alcohol motifs (C(OH)–C–C–N with tert-alkyl or cyclic N) is 1. The molecule has 5 nitrogen and oxygen atoms in total. The van der Waals surface area contributed by atoms with Crippen LogP contribution >= 0.6 is 0 Å². The summed E-state index contributed by atoms with van der Waals surface area (Å²) in [6.45, 7) is 5.46. The van der Waals surface area contributed by atoms with Gasteiger partial charge in [0.05, 0.1) is 25.9 Å². The Kier molecular flexibility index (Phi) is 5.88. The highest BCUT2D eigenvalue weighted by molar-refractivity contribution is 5.75. The van der Waals surface area contributed by atoms with Crippen molar-refractivity contribution in [3.8, 4) is 0 Å². The molecule has 0 aromatic carbocycles. The van der Waals surface area contributed by atoms with Crippen molar-refractivity contribution in [2.24, 2.45) is 0 Å². The van der Waals surface area contributed by atoms with Crippen molar-refractivity contribution in [2.75, 3.05) is 26.8 Å². The molecule has 5 heteroatoms. The lowest BCUT2D eigenvalue weighted by molar-refractivity contribution is -0.146. The third-order valence-electron chi connectivity index (χ3n) is 2.90. The van der Waals surface area contributed by atoms with Crippen LogP contribution in [-0.4, -0.2) is 61.0 Å². The Labute approximate surface area is 103 Å². The summed E-state index contributed by atoms with van der Waals surface area (Å²) >= 11 is 0. The van der Waals surface area contributed by atoms with Crippen LogP contribution in [0.15, 0.2) is 0 Å². The van der Waals surface area contributed by atoms with Crippen LogP contribution in [0.1, 0.15) is 26.7 Å². The molecule has 1 heterocycles. The van der Waals surface area contributed by atoms with E-state index in [2.05, 4.69) is 0 Å². The highest BCUT2D eigenvalue weighted by atomic mass is 16.5. The first-order valence-electron chi connectivity index (χ1n) is 6.16. The van der Waals surface area contributed by atoms with Crippen molar-refractivity contribution in [3.63, 3.8) is 0 Å². The minimum Gasteiger partial charge on any atom is -0.468 e. The van der Waals surface area contributed by atoms with Gasteiger partial charge < -0.3 is 14.6 Å². The number of methoxy groups -OCH3 is 1. The molecule has 1 fully saturated rings. The van der Waals surface area contributed by atoms with Gasteiger partial charge in [-0.1, -0.05) is 0 Å². The number of likely N-dealkylation sites (tertiary alicyclic amines) is 1. The van der Waals surface area contributed by atoms with Crippen molar-refractivity contribution in [2.45, 2.75) is 44.9 Å². The molecule has 100 valence electrons. The third-order valence-corrected chi connectivity index (χ3v) is 2.90. The Hall–Kier alpha value is -0.650. The normalized spacial score (nSPS) is 23.0. The van der Waals surface area contributed by atoms with Gasteiger partial charge in [0.2, 0.25) is 0 Å². The molecule has 0 aliphatic carbocycles. The van der Waals surface area contributed by atoms with E-state index in [0.717, 1.165) is 19.4 Å². The Morgan fingerprint density at radius 2 is 2.24 bits per heavy atom. The number of nitrogens with zero attached hydrogens (tertiary/aromatic N) is 1. The van der Waals surface area contributed by atoms with Crippen LogP contribution in [0.5, 0.6) is 0 Å². The van der Waals surface area contributed by atoms with Crippen LogP contribution in [0.25, 0.3) is 0 Å². The van der Waals surface area contributed by atoms with E-state index in [4.69, 9.17) is 9.47 Å². The second-order valence-electron chi connectivity index (χ2n) is 4.71.